The molecule has 2 saturated carbocycles. The first-order valence-corrected chi connectivity index (χ1v) is 6.66. The monoisotopic (exact) mass is 344 g/mol. The molecular weight excluding hydrogens is 332 g/mol. The van der Waals surface area contributed by atoms with Gasteiger partial charge >= 0.3 is 23.4 Å². The van der Waals surface area contributed by atoms with Crippen molar-refractivity contribution < 1.29 is 39.9 Å². The van der Waals surface area contributed by atoms with Gasteiger partial charge in [-0.3, -0.25) is 0 Å². The maximum atomic E-state index is 13.8. The topological polar surface area (TPSA) is 9.23 Å². The summed E-state index contributed by atoms with van der Waals surface area (Å²) in [6.45, 7) is 0. The lowest BCUT2D eigenvalue weighted by molar-refractivity contribution is -0.462. The molecule has 0 amide bonds. The fraction of sp³-hybridized carbons (Fsp3) is 1.00. The second-order valence-electron chi connectivity index (χ2n) is 5.58. The maximum Gasteiger partial charge on any atom is 0.434 e. The summed E-state index contributed by atoms with van der Waals surface area (Å²) in [5.74, 6) is -7.69. The van der Waals surface area contributed by atoms with Crippen molar-refractivity contribution in [3.63, 3.8) is 0 Å². The Balaban J connectivity index is 2.18. The predicted molar refractivity (Wildman–Crippen MR) is 58.8 cm³/mol. The van der Waals surface area contributed by atoms with Gasteiger partial charge in [0.15, 0.2) is 0 Å². The first kappa shape index (κ1) is 17.1. The van der Waals surface area contributed by atoms with Crippen molar-refractivity contribution in [2.24, 2.45) is 17.8 Å². The van der Waals surface area contributed by atoms with Crippen LogP contribution in [0.5, 0.6) is 0 Å². The van der Waals surface area contributed by atoms with Gasteiger partial charge in [0.1, 0.15) is 0 Å². The van der Waals surface area contributed by atoms with E-state index in [1.165, 1.54) is 0 Å². The Bertz CT molecular complexity index is 408. The molecule has 0 aromatic rings. The van der Waals surface area contributed by atoms with Crippen molar-refractivity contribution in [1.82, 2.24) is 0 Å². The van der Waals surface area contributed by atoms with E-state index in [0.29, 0.717) is 19.3 Å². The van der Waals surface area contributed by atoms with E-state index in [9.17, 15) is 35.1 Å². The third-order valence-electron chi connectivity index (χ3n) is 4.20. The molecular formula is C11H12F8OS. The van der Waals surface area contributed by atoms with Crippen LogP contribution in [-0.2, 0) is 4.74 Å². The Morgan fingerprint density at radius 2 is 1.38 bits per heavy atom. The first-order chi connectivity index (χ1) is 9.28. The molecule has 0 saturated heterocycles. The van der Waals surface area contributed by atoms with E-state index in [0.717, 1.165) is 0 Å². The van der Waals surface area contributed by atoms with Gasteiger partial charge in [-0.1, -0.05) is 19.0 Å². The zero-order valence-electron chi connectivity index (χ0n) is 10.4. The molecule has 10 heteroatoms. The van der Waals surface area contributed by atoms with Gasteiger partial charge in [-0.25, -0.2) is 4.74 Å². The summed E-state index contributed by atoms with van der Waals surface area (Å²) in [5.41, 5.74) is 0. The van der Waals surface area contributed by atoms with Crippen molar-refractivity contribution in [1.29, 1.82) is 0 Å². The van der Waals surface area contributed by atoms with Crippen molar-refractivity contribution in [3.05, 3.63) is 0 Å². The lowest BCUT2D eigenvalue weighted by Crippen LogP contribution is -2.55. The number of halogens is 8. The molecule has 0 radical (unpaired) electrons. The van der Waals surface area contributed by atoms with Crippen LogP contribution in [0.1, 0.15) is 25.7 Å². The highest BCUT2D eigenvalue weighted by molar-refractivity contribution is 7.81. The SMILES string of the molecule is FC(F)(S)C(F)(F)OC(F)(F)C(F)(F)C1CC2CCC1C2. The van der Waals surface area contributed by atoms with Crippen LogP contribution >= 0.6 is 12.6 Å². The lowest BCUT2D eigenvalue weighted by Gasteiger charge is -2.36. The van der Waals surface area contributed by atoms with Crippen LogP contribution in [0.25, 0.3) is 0 Å². The van der Waals surface area contributed by atoms with Gasteiger partial charge in [0.25, 0.3) is 0 Å². The molecule has 1 nitrogen and oxygen atoms in total. The summed E-state index contributed by atoms with van der Waals surface area (Å²) in [6.07, 6.45) is -10.6. The van der Waals surface area contributed by atoms with E-state index in [2.05, 4.69) is 17.4 Å². The second-order valence-corrected chi connectivity index (χ2v) is 6.14. The van der Waals surface area contributed by atoms with Crippen molar-refractivity contribution in [2.75, 3.05) is 0 Å². The molecule has 3 atom stereocenters. The van der Waals surface area contributed by atoms with Gasteiger partial charge in [0.05, 0.1) is 0 Å². The molecule has 0 aromatic heterocycles. The first-order valence-electron chi connectivity index (χ1n) is 6.22. The quantitative estimate of drug-likeness (QED) is 0.558. The Morgan fingerprint density at radius 3 is 1.76 bits per heavy atom. The second kappa shape index (κ2) is 4.87. The number of hydrogen-bond donors (Lipinski definition) is 1. The molecule has 21 heavy (non-hydrogen) atoms. The van der Waals surface area contributed by atoms with E-state index >= 15 is 0 Å². The van der Waals surface area contributed by atoms with Gasteiger partial charge in [-0.05, 0) is 31.1 Å². The molecule has 124 valence electrons. The molecule has 2 bridgehead atoms. The van der Waals surface area contributed by atoms with Gasteiger partial charge < -0.3 is 0 Å². The molecule has 0 aliphatic heterocycles. The van der Waals surface area contributed by atoms with E-state index in [-0.39, 0.29) is 12.3 Å². The van der Waals surface area contributed by atoms with Crippen LogP contribution in [0.15, 0.2) is 0 Å². The highest BCUT2D eigenvalue weighted by atomic mass is 32.1. The fourth-order valence-corrected chi connectivity index (χ4v) is 3.24. The highest BCUT2D eigenvalue weighted by Gasteiger charge is 2.71. The average Bonchev–Trinajstić information content (AvgIpc) is 2.86. The average molecular weight is 344 g/mol. The Labute approximate surface area is 120 Å². The van der Waals surface area contributed by atoms with Gasteiger partial charge in [0.2, 0.25) is 0 Å². The number of alkyl halides is 8. The Kier molecular flexibility index (Phi) is 3.97. The molecule has 2 aliphatic carbocycles. The van der Waals surface area contributed by atoms with Crippen LogP contribution in [0.2, 0.25) is 0 Å². The Hall–Kier alpha value is -0.250. The number of ether oxygens (including phenoxy) is 1. The largest absolute Gasteiger partial charge is 0.434 e. The summed E-state index contributed by atoms with van der Waals surface area (Å²) in [6, 6.07) is 0. The van der Waals surface area contributed by atoms with E-state index in [4.69, 9.17) is 0 Å². The maximum absolute atomic E-state index is 13.8. The molecule has 2 fully saturated rings. The predicted octanol–water partition coefficient (Wildman–Crippen LogP) is 4.78. The number of thiol groups is 1. The molecule has 0 aromatic carbocycles. The minimum absolute atomic E-state index is 0.159. The van der Waals surface area contributed by atoms with Crippen LogP contribution in [0, 0.1) is 17.8 Å². The minimum Gasteiger partial charge on any atom is -0.245 e. The smallest absolute Gasteiger partial charge is 0.245 e. The summed E-state index contributed by atoms with van der Waals surface area (Å²) < 4.78 is 107. The van der Waals surface area contributed by atoms with Crippen molar-refractivity contribution in [2.45, 2.75) is 49.1 Å². The van der Waals surface area contributed by atoms with Crippen molar-refractivity contribution >= 4 is 12.6 Å². The number of fused-ring (bicyclic) bond motifs is 2. The van der Waals surface area contributed by atoms with Gasteiger partial charge in [-0.2, -0.15) is 35.1 Å². The third kappa shape index (κ3) is 2.85. The molecule has 2 rings (SSSR count). The molecule has 0 N–H and O–H groups in total. The van der Waals surface area contributed by atoms with Crippen molar-refractivity contribution in [3.8, 4) is 0 Å². The van der Waals surface area contributed by atoms with Crippen LogP contribution in [0.3, 0.4) is 0 Å². The van der Waals surface area contributed by atoms with Gasteiger partial charge in [-0.15, -0.1) is 0 Å². The van der Waals surface area contributed by atoms with E-state index in [1.54, 1.807) is 0 Å². The molecule has 2 aliphatic rings. The normalized spacial score (nSPS) is 31.0. The van der Waals surface area contributed by atoms with Crippen LogP contribution in [-0.4, -0.2) is 23.4 Å². The minimum atomic E-state index is -5.82. The Morgan fingerprint density at radius 1 is 0.810 bits per heavy atom. The summed E-state index contributed by atoms with van der Waals surface area (Å²) in [4.78, 5) is 0. The van der Waals surface area contributed by atoms with E-state index < -0.39 is 35.2 Å². The standard InChI is InChI=1S/C11H12F8OS/c12-8(13,7-4-5-1-2-6(7)3-5)9(14,15)20-10(16,17)11(18,19)21/h5-7,21H,1-4H2. The zero-order valence-corrected chi connectivity index (χ0v) is 11.3. The fourth-order valence-electron chi connectivity index (χ4n) is 3.20. The molecule has 0 heterocycles. The molecule has 0 spiro atoms. The van der Waals surface area contributed by atoms with Crippen LogP contribution < -0.4 is 0 Å². The lowest BCUT2D eigenvalue weighted by atomic mass is 9.83. The van der Waals surface area contributed by atoms with E-state index in [1.807, 2.05) is 0 Å². The summed E-state index contributed by atoms with van der Waals surface area (Å²) >= 11 is 2.11. The highest BCUT2D eigenvalue weighted by Crippen LogP contribution is 2.58. The molecule has 3 unspecified atom stereocenters. The number of hydrogen-bond acceptors (Lipinski definition) is 2. The van der Waals surface area contributed by atoms with Gasteiger partial charge in [0, 0.05) is 5.92 Å². The number of rotatable bonds is 5. The summed E-state index contributed by atoms with van der Waals surface area (Å²) in [7, 11) is 0. The summed E-state index contributed by atoms with van der Waals surface area (Å²) in [5, 5.41) is -5.30. The third-order valence-corrected chi connectivity index (χ3v) is 4.46. The zero-order chi connectivity index (χ0) is 16.3. The van der Waals surface area contributed by atoms with Crippen LogP contribution in [0.4, 0.5) is 35.1 Å².